The molecule has 2 radical (unpaired) electrons. The van der Waals surface area contributed by atoms with Crippen molar-refractivity contribution in [2.45, 2.75) is 26.2 Å². The van der Waals surface area contributed by atoms with E-state index in [0.29, 0.717) is 0 Å². The second kappa shape index (κ2) is 3.78. The van der Waals surface area contributed by atoms with Gasteiger partial charge >= 0.3 is 0 Å². The molecule has 0 saturated carbocycles. The second-order valence-electron chi connectivity index (χ2n) is 3.49. The lowest BCUT2D eigenvalue weighted by Crippen LogP contribution is -1.81. The molecule has 0 spiro atoms. The van der Waals surface area contributed by atoms with E-state index in [2.05, 4.69) is 43.7 Å². The van der Waals surface area contributed by atoms with E-state index < -0.39 is 0 Å². The molecule has 1 aromatic rings. The van der Waals surface area contributed by atoms with Crippen LogP contribution in [0.25, 0.3) is 6.08 Å². The Morgan fingerprint density at radius 1 is 1.23 bits per heavy atom. The number of benzene rings is 1. The van der Waals surface area contributed by atoms with Crippen LogP contribution in [-0.2, 0) is 0 Å². The Balaban J connectivity index is 2.08. The van der Waals surface area contributed by atoms with Crippen molar-refractivity contribution < 1.29 is 0 Å². The molecule has 13 heavy (non-hydrogen) atoms. The van der Waals surface area contributed by atoms with Gasteiger partial charge in [0.2, 0.25) is 0 Å². The Hall–Kier alpha value is -1.04. The minimum absolute atomic E-state index is 1.17. The van der Waals surface area contributed by atoms with Crippen molar-refractivity contribution in [3.8, 4) is 0 Å². The highest BCUT2D eigenvalue weighted by atomic mass is 14.1. The van der Waals surface area contributed by atoms with E-state index in [4.69, 9.17) is 0 Å². The molecule has 1 aliphatic carbocycles. The van der Waals surface area contributed by atoms with Gasteiger partial charge in [0.25, 0.3) is 0 Å². The van der Waals surface area contributed by atoms with Crippen LogP contribution in [0.1, 0.15) is 37.3 Å². The van der Waals surface area contributed by atoms with Crippen LogP contribution < -0.4 is 0 Å². The fourth-order valence-corrected chi connectivity index (χ4v) is 1.64. The lowest BCUT2D eigenvalue weighted by atomic mass is 10.1. The van der Waals surface area contributed by atoms with Crippen LogP contribution in [0.4, 0.5) is 0 Å². The summed E-state index contributed by atoms with van der Waals surface area (Å²) in [5.41, 5.74) is 3.95. The normalized spacial score (nSPS) is 14.1. The molecule has 0 aromatic heterocycles. The summed E-state index contributed by atoms with van der Waals surface area (Å²) in [6, 6.07) is 8.44. The molecule has 0 amide bonds. The van der Waals surface area contributed by atoms with E-state index in [9.17, 15) is 0 Å². The third-order valence-corrected chi connectivity index (χ3v) is 2.39. The molecule has 0 saturated heterocycles. The van der Waals surface area contributed by atoms with Gasteiger partial charge in [0.05, 0.1) is 0 Å². The minimum atomic E-state index is 1.17. The number of rotatable bonds is 3. The zero-order chi connectivity index (χ0) is 9.10. The van der Waals surface area contributed by atoms with Gasteiger partial charge in [-0.3, -0.25) is 0 Å². The predicted octanol–water partition coefficient (Wildman–Crippen LogP) is 3.70. The van der Waals surface area contributed by atoms with Crippen molar-refractivity contribution in [3.63, 3.8) is 0 Å². The summed E-state index contributed by atoms with van der Waals surface area (Å²) in [5, 5.41) is 0. The molecule has 2 rings (SSSR count). The van der Waals surface area contributed by atoms with Crippen molar-refractivity contribution in [2.24, 2.45) is 0 Å². The summed E-state index contributed by atoms with van der Waals surface area (Å²) in [6.07, 6.45) is 9.39. The van der Waals surface area contributed by atoms with E-state index in [0.717, 1.165) is 0 Å². The first-order valence-electron chi connectivity index (χ1n) is 4.97. The number of hydrogen-bond acceptors (Lipinski definition) is 0. The predicted molar refractivity (Wildman–Crippen MR) is 56.3 cm³/mol. The van der Waals surface area contributed by atoms with E-state index in [-0.39, 0.29) is 0 Å². The van der Waals surface area contributed by atoms with Crippen molar-refractivity contribution >= 4 is 6.08 Å². The van der Waals surface area contributed by atoms with E-state index >= 15 is 0 Å². The van der Waals surface area contributed by atoms with Gasteiger partial charge in [-0.25, -0.2) is 0 Å². The van der Waals surface area contributed by atoms with E-state index in [1.165, 1.54) is 36.0 Å². The van der Waals surface area contributed by atoms with Crippen LogP contribution in [0.5, 0.6) is 0 Å². The van der Waals surface area contributed by atoms with Gasteiger partial charge < -0.3 is 0 Å². The molecule has 0 bridgehead atoms. The maximum absolute atomic E-state index is 3.43. The first-order chi connectivity index (χ1) is 6.40. The van der Waals surface area contributed by atoms with Gasteiger partial charge in [0.1, 0.15) is 0 Å². The third kappa shape index (κ3) is 1.82. The average Bonchev–Trinajstić information content (AvgIpc) is 2.57. The molecule has 0 unspecified atom stereocenters. The molecule has 0 nitrogen and oxygen atoms in total. The third-order valence-electron chi connectivity index (χ3n) is 2.39. The molecular weight excluding hydrogens is 156 g/mol. The summed E-state index contributed by atoms with van der Waals surface area (Å²) in [4.78, 5) is 0. The number of allylic oxidation sites excluding steroid dienone is 1. The highest BCUT2D eigenvalue weighted by Crippen LogP contribution is 2.29. The van der Waals surface area contributed by atoms with E-state index in [1.54, 1.807) is 0 Å². The summed E-state index contributed by atoms with van der Waals surface area (Å²) in [6.45, 7) is 2.22. The minimum Gasteiger partial charge on any atom is -0.0654 e. The molecule has 0 fully saturated rings. The average molecular weight is 170 g/mol. The zero-order valence-electron chi connectivity index (χ0n) is 8.01. The van der Waals surface area contributed by atoms with Crippen LogP contribution in [0.15, 0.2) is 29.8 Å². The Morgan fingerprint density at radius 2 is 2.08 bits per heavy atom. The first-order valence-corrected chi connectivity index (χ1v) is 4.97. The second-order valence-corrected chi connectivity index (χ2v) is 3.49. The van der Waals surface area contributed by atoms with Crippen molar-refractivity contribution in [1.29, 1.82) is 0 Å². The summed E-state index contributed by atoms with van der Waals surface area (Å²) < 4.78 is 0. The van der Waals surface area contributed by atoms with Gasteiger partial charge in [0.15, 0.2) is 0 Å². The van der Waals surface area contributed by atoms with Gasteiger partial charge in [0, 0.05) is 6.42 Å². The molecule has 1 aromatic carbocycles. The van der Waals surface area contributed by atoms with Gasteiger partial charge in [-0.2, -0.15) is 0 Å². The molecular formula is C13H14. The summed E-state index contributed by atoms with van der Waals surface area (Å²) in [7, 11) is 0. The molecule has 0 N–H and O–H groups in total. The number of fused-ring (bicyclic) bond motifs is 1. The SMILES string of the molecule is CCCCC1=Cc2ccccc2[C]1. The van der Waals surface area contributed by atoms with Crippen molar-refractivity contribution in [1.82, 2.24) is 0 Å². The molecule has 0 aliphatic heterocycles. The molecule has 66 valence electrons. The van der Waals surface area contributed by atoms with Crippen LogP contribution in [0.2, 0.25) is 0 Å². The van der Waals surface area contributed by atoms with Crippen LogP contribution >= 0.6 is 0 Å². The smallest absolute Gasteiger partial charge is 0.0464 e. The highest BCUT2D eigenvalue weighted by molar-refractivity contribution is 5.68. The molecule has 1 aliphatic rings. The van der Waals surface area contributed by atoms with Gasteiger partial charge in [-0.15, -0.1) is 0 Å². The Labute approximate surface area is 80.3 Å². The first kappa shape index (κ1) is 8.55. The van der Waals surface area contributed by atoms with Crippen LogP contribution in [0, 0.1) is 6.42 Å². The lowest BCUT2D eigenvalue weighted by molar-refractivity contribution is 0.797. The largest absolute Gasteiger partial charge is 0.0654 e. The summed E-state index contributed by atoms with van der Waals surface area (Å²) >= 11 is 0. The van der Waals surface area contributed by atoms with E-state index in [1.807, 2.05) is 0 Å². The van der Waals surface area contributed by atoms with Crippen LogP contribution in [-0.4, -0.2) is 0 Å². The van der Waals surface area contributed by atoms with Crippen molar-refractivity contribution in [3.05, 3.63) is 47.4 Å². The van der Waals surface area contributed by atoms with Gasteiger partial charge in [-0.05, 0) is 24.0 Å². The molecule has 0 atom stereocenters. The quantitative estimate of drug-likeness (QED) is 0.648. The fraction of sp³-hybridized carbons (Fsp3) is 0.308. The Bertz CT molecular complexity index is 321. The standard InChI is InChI=1S/C13H14/c1-2-3-6-11-9-12-7-4-5-8-13(12)10-11/h4-5,7-9H,2-3,6H2,1H3. The fourth-order valence-electron chi connectivity index (χ4n) is 1.64. The maximum atomic E-state index is 3.43. The molecule has 0 heterocycles. The Kier molecular flexibility index (Phi) is 2.49. The number of unbranched alkanes of at least 4 members (excludes halogenated alkanes) is 1. The molecule has 0 heteroatoms. The zero-order valence-corrected chi connectivity index (χ0v) is 8.01. The topological polar surface area (TPSA) is 0 Å². The van der Waals surface area contributed by atoms with Gasteiger partial charge in [-0.1, -0.05) is 49.3 Å². The Morgan fingerprint density at radius 3 is 2.85 bits per heavy atom. The summed E-state index contributed by atoms with van der Waals surface area (Å²) in [5.74, 6) is 0. The van der Waals surface area contributed by atoms with Crippen LogP contribution in [0.3, 0.4) is 0 Å². The number of hydrogen-bond donors (Lipinski definition) is 0. The lowest BCUT2D eigenvalue weighted by Gasteiger charge is -1.97. The van der Waals surface area contributed by atoms with Crippen molar-refractivity contribution in [2.75, 3.05) is 0 Å². The maximum Gasteiger partial charge on any atom is 0.0464 e. The highest BCUT2D eigenvalue weighted by Gasteiger charge is 2.11. The monoisotopic (exact) mass is 170 g/mol.